The summed E-state index contributed by atoms with van der Waals surface area (Å²) in [6.07, 6.45) is 0. The van der Waals surface area contributed by atoms with Crippen LogP contribution in [0.4, 0.5) is 5.69 Å². The van der Waals surface area contributed by atoms with Gasteiger partial charge in [-0.15, -0.1) is 11.3 Å². The Morgan fingerprint density at radius 1 is 1.47 bits per heavy atom. The molecule has 19 heavy (non-hydrogen) atoms. The van der Waals surface area contributed by atoms with Gasteiger partial charge in [0.05, 0.1) is 12.8 Å². The molecule has 0 radical (unpaired) electrons. The van der Waals surface area contributed by atoms with Crippen LogP contribution >= 0.6 is 11.3 Å². The van der Waals surface area contributed by atoms with E-state index in [1.165, 1.54) is 11.4 Å². The zero-order valence-corrected chi connectivity index (χ0v) is 12.0. The smallest absolute Gasteiger partial charge is 0.350 e. The van der Waals surface area contributed by atoms with E-state index in [1.807, 2.05) is 0 Å². The molecule has 1 aliphatic rings. The average molecular weight is 305 g/mol. The van der Waals surface area contributed by atoms with E-state index in [1.54, 1.807) is 11.4 Å². The Balaban J connectivity index is 2.16. The van der Waals surface area contributed by atoms with E-state index in [0.717, 1.165) is 11.3 Å². The van der Waals surface area contributed by atoms with Gasteiger partial charge in [-0.3, -0.25) is 4.72 Å². The van der Waals surface area contributed by atoms with Gasteiger partial charge < -0.3 is 10.1 Å². The summed E-state index contributed by atoms with van der Waals surface area (Å²) in [6, 6.07) is 1.55. The standard InChI is InChI=1S/C10H15N3O4S2/c1-17-10(14)9-8(2-7-18-9)12-19(15,16)13-5-3-11-4-6-13/h2,7,11-12H,3-6H2,1H3. The lowest BCUT2D eigenvalue weighted by Crippen LogP contribution is -2.48. The summed E-state index contributed by atoms with van der Waals surface area (Å²) in [7, 11) is -2.37. The maximum absolute atomic E-state index is 12.2. The van der Waals surface area contributed by atoms with Gasteiger partial charge in [0, 0.05) is 26.2 Å². The van der Waals surface area contributed by atoms with Crippen molar-refractivity contribution in [2.45, 2.75) is 0 Å². The predicted octanol–water partition coefficient (Wildman–Crippen LogP) is 0.0966. The number of carbonyl (C=O) groups excluding carboxylic acids is 1. The maximum Gasteiger partial charge on any atom is 0.350 e. The van der Waals surface area contributed by atoms with Crippen LogP contribution in [-0.2, 0) is 14.9 Å². The summed E-state index contributed by atoms with van der Waals surface area (Å²) in [5.74, 6) is -0.548. The molecule has 106 valence electrons. The average Bonchev–Trinajstić information content (AvgIpc) is 2.86. The summed E-state index contributed by atoms with van der Waals surface area (Å²) in [4.78, 5) is 11.7. The molecule has 1 aromatic rings. The molecule has 0 aromatic carbocycles. The van der Waals surface area contributed by atoms with Crippen LogP contribution < -0.4 is 10.0 Å². The fourth-order valence-electron chi connectivity index (χ4n) is 1.73. The fraction of sp³-hybridized carbons (Fsp3) is 0.500. The van der Waals surface area contributed by atoms with E-state index in [9.17, 15) is 13.2 Å². The number of methoxy groups -OCH3 is 1. The van der Waals surface area contributed by atoms with Crippen LogP contribution in [0.15, 0.2) is 11.4 Å². The first-order valence-electron chi connectivity index (χ1n) is 5.69. The van der Waals surface area contributed by atoms with Gasteiger partial charge in [0.1, 0.15) is 4.88 Å². The first-order chi connectivity index (χ1) is 9.04. The largest absolute Gasteiger partial charge is 0.465 e. The SMILES string of the molecule is COC(=O)c1sccc1NS(=O)(=O)N1CCNCC1. The van der Waals surface area contributed by atoms with Crippen molar-refractivity contribution in [3.8, 4) is 0 Å². The summed E-state index contributed by atoms with van der Waals surface area (Å²) in [6.45, 7) is 2.06. The number of hydrogen-bond donors (Lipinski definition) is 2. The number of rotatable bonds is 4. The molecule has 2 heterocycles. The molecule has 0 unspecified atom stereocenters. The molecule has 1 aliphatic heterocycles. The summed E-state index contributed by atoms with van der Waals surface area (Å²) < 4.78 is 32.7. The third-order valence-corrected chi connectivity index (χ3v) is 5.11. The van der Waals surface area contributed by atoms with Gasteiger partial charge in [-0.1, -0.05) is 0 Å². The van der Waals surface area contributed by atoms with Gasteiger partial charge in [0.15, 0.2) is 0 Å². The normalized spacial score (nSPS) is 17.1. The van der Waals surface area contributed by atoms with Crippen molar-refractivity contribution in [3.05, 3.63) is 16.3 Å². The molecule has 0 saturated carbocycles. The Kier molecular flexibility index (Phi) is 4.40. The van der Waals surface area contributed by atoms with E-state index < -0.39 is 16.2 Å². The zero-order valence-electron chi connectivity index (χ0n) is 10.4. The molecule has 9 heteroatoms. The molecule has 1 saturated heterocycles. The number of esters is 1. The molecule has 2 rings (SSSR count). The first-order valence-corrected chi connectivity index (χ1v) is 8.01. The molecule has 1 aromatic heterocycles. The lowest BCUT2D eigenvalue weighted by atomic mass is 10.4. The third kappa shape index (κ3) is 3.24. The monoisotopic (exact) mass is 305 g/mol. The van der Waals surface area contributed by atoms with Gasteiger partial charge >= 0.3 is 16.2 Å². The number of anilines is 1. The van der Waals surface area contributed by atoms with Crippen LogP contribution in [-0.4, -0.2) is 52.0 Å². The predicted molar refractivity (Wildman–Crippen MR) is 72.6 cm³/mol. The maximum atomic E-state index is 12.2. The molecule has 0 spiro atoms. The second kappa shape index (κ2) is 5.87. The highest BCUT2D eigenvalue weighted by Crippen LogP contribution is 2.24. The summed E-state index contributed by atoms with van der Waals surface area (Å²) in [5.41, 5.74) is 0.260. The highest BCUT2D eigenvalue weighted by atomic mass is 32.2. The Morgan fingerprint density at radius 2 is 2.16 bits per heavy atom. The van der Waals surface area contributed by atoms with Crippen molar-refractivity contribution < 1.29 is 17.9 Å². The molecular formula is C10H15N3O4S2. The molecule has 7 nitrogen and oxygen atoms in total. The Labute approximate surface area is 115 Å². The van der Waals surface area contributed by atoms with Crippen molar-refractivity contribution in [2.24, 2.45) is 0 Å². The number of piperazine rings is 1. The highest BCUT2D eigenvalue weighted by Gasteiger charge is 2.26. The van der Waals surface area contributed by atoms with Gasteiger partial charge in [-0.25, -0.2) is 4.79 Å². The summed E-state index contributed by atoms with van der Waals surface area (Å²) in [5, 5.41) is 4.72. The third-order valence-electron chi connectivity index (χ3n) is 2.69. The van der Waals surface area contributed by atoms with Gasteiger partial charge in [-0.2, -0.15) is 12.7 Å². The minimum Gasteiger partial charge on any atom is -0.465 e. The molecule has 2 N–H and O–H groups in total. The Bertz CT molecular complexity index is 549. The lowest BCUT2D eigenvalue weighted by Gasteiger charge is -2.26. The fourth-order valence-corrected chi connectivity index (χ4v) is 3.80. The number of nitrogens with zero attached hydrogens (tertiary/aromatic N) is 1. The highest BCUT2D eigenvalue weighted by molar-refractivity contribution is 7.90. The van der Waals surface area contributed by atoms with Crippen LogP contribution in [0.1, 0.15) is 9.67 Å². The molecule has 0 atom stereocenters. The molecule has 0 aliphatic carbocycles. The van der Waals surface area contributed by atoms with Crippen LogP contribution in [0, 0.1) is 0 Å². The van der Waals surface area contributed by atoms with Crippen molar-refractivity contribution in [3.63, 3.8) is 0 Å². The number of hydrogen-bond acceptors (Lipinski definition) is 6. The molecular weight excluding hydrogens is 290 g/mol. The number of nitrogens with one attached hydrogen (secondary N) is 2. The van der Waals surface area contributed by atoms with Crippen LogP contribution in [0.25, 0.3) is 0 Å². The van der Waals surface area contributed by atoms with E-state index in [-0.39, 0.29) is 10.6 Å². The van der Waals surface area contributed by atoms with Crippen molar-refractivity contribution in [2.75, 3.05) is 38.0 Å². The molecule has 0 amide bonds. The van der Waals surface area contributed by atoms with Gasteiger partial charge in [0.25, 0.3) is 0 Å². The lowest BCUT2D eigenvalue weighted by molar-refractivity contribution is 0.0607. The Hall–Kier alpha value is -1.16. The van der Waals surface area contributed by atoms with Gasteiger partial charge in [-0.05, 0) is 11.4 Å². The second-order valence-corrected chi connectivity index (χ2v) is 6.50. The number of ether oxygens (including phenoxy) is 1. The van der Waals surface area contributed by atoms with Crippen LogP contribution in [0.5, 0.6) is 0 Å². The van der Waals surface area contributed by atoms with E-state index in [2.05, 4.69) is 14.8 Å². The minimum absolute atomic E-state index is 0.251. The van der Waals surface area contributed by atoms with Gasteiger partial charge in [0.2, 0.25) is 0 Å². The van der Waals surface area contributed by atoms with E-state index in [0.29, 0.717) is 26.2 Å². The second-order valence-electron chi connectivity index (χ2n) is 3.91. The quantitative estimate of drug-likeness (QED) is 0.770. The zero-order chi connectivity index (χ0) is 13.9. The topological polar surface area (TPSA) is 87.7 Å². The first kappa shape index (κ1) is 14.3. The summed E-state index contributed by atoms with van der Waals surface area (Å²) >= 11 is 1.14. The van der Waals surface area contributed by atoms with Crippen molar-refractivity contribution in [1.29, 1.82) is 0 Å². The van der Waals surface area contributed by atoms with E-state index in [4.69, 9.17) is 0 Å². The Morgan fingerprint density at radius 3 is 2.79 bits per heavy atom. The molecule has 1 fully saturated rings. The number of thiophene rings is 1. The van der Waals surface area contributed by atoms with Crippen molar-refractivity contribution >= 4 is 33.2 Å². The molecule has 0 bridgehead atoms. The van der Waals surface area contributed by atoms with Crippen molar-refractivity contribution in [1.82, 2.24) is 9.62 Å². The van der Waals surface area contributed by atoms with Crippen LogP contribution in [0.2, 0.25) is 0 Å². The van der Waals surface area contributed by atoms with E-state index >= 15 is 0 Å². The minimum atomic E-state index is -3.63. The van der Waals surface area contributed by atoms with Crippen LogP contribution in [0.3, 0.4) is 0 Å². The number of carbonyl (C=O) groups is 1.